The summed E-state index contributed by atoms with van der Waals surface area (Å²) in [6.45, 7) is 2.10. The SMILES string of the molecule is O=C(CCC1CCNC1)N(CCO)C1CCS(=O)(=O)C1. The maximum absolute atomic E-state index is 12.3. The van der Waals surface area contributed by atoms with Gasteiger partial charge in [-0.05, 0) is 38.3 Å². The monoisotopic (exact) mass is 304 g/mol. The molecule has 2 N–H and O–H groups in total. The molecule has 2 heterocycles. The number of carbonyl (C=O) groups excluding carboxylic acids is 1. The molecule has 0 aromatic heterocycles. The molecule has 116 valence electrons. The predicted octanol–water partition coefficient (Wildman–Crippen LogP) is -0.616. The third-order valence-electron chi connectivity index (χ3n) is 4.24. The molecule has 0 radical (unpaired) electrons. The van der Waals surface area contributed by atoms with Crippen LogP contribution in [0.4, 0.5) is 0 Å². The van der Waals surface area contributed by atoms with Crippen molar-refractivity contribution in [2.75, 3.05) is 37.7 Å². The standard InChI is InChI=1S/C13H24N2O4S/c16-7-6-15(12-4-8-20(18,19)10-12)13(17)2-1-11-3-5-14-9-11/h11-12,14,16H,1-10H2. The largest absolute Gasteiger partial charge is 0.395 e. The summed E-state index contributed by atoms with van der Waals surface area (Å²) in [5.41, 5.74) is 0. The van der Waals surface area contributed by atoms with Crippen LogP contribution in [0.3, 0.4) is 0 Å². The Morgan fingerprint density at radius 3 is 2.70 bits per heavy atom. The van der Waals surface area contributed by atoms with E-state index in [9.17, 15) is 13.2 Å². The molecule has 2 aliphatic rings. The second-order valence-corrected chi connectivity index (χ2v) is 7.99. The number of amides is 1. The van der Waals surface area contributed by atoms with Crippen LogP contribution in [-0.4, -0.2) is 68.1 Å². The third kappa shape index (κ3) is 4.17. The lowest BCUT2D eigenvalue weighted by atomic mass is 10.0. The molecule has 2 saturated heterocycles. The van der Waals surface area contributed by atoms with E-state index in [1.54, 1.807) is 4.90 Å². The molecule has 2 atom stereocenters. The van der Waals surface area contributed by atoms with E-state index in [1.807, 2.05) is 0 Å². The van der Waals surface area contributed by atoms with Crippen molar-refractivity contribution in [2.24, 2.45) is 5.92 Å². The average Bonchev–Trinajstić information content (AvgIpc) is 3.02. The van der Waals surface area contributed by atoms with E-state index in [1.165, 1.54) is 0 Å². The van der Waals surface area contributed by atoms with Crippen molar-refractivity contribution >= 4 is 15.7 Å². The lowest BCUT2D eigenvalue weighted by Gasteiger charge is -2.28. The van der Waals surface area contributed by atoms with Gasteiger partial charge >= 0.3 is 0 Å². The van der Waals surface area contributed by atoms with Gasteiger partial charge in [-0.1, -0.05) is 0 Å². The van der Waals surface area contributed by atoms with E-state index in [-0.39, 0.29) is 36.6 Å². The van der Waals surface area contributed by atoms with Crippen molar-refractivity contribution in [1.29, 1.82) is 0 Å². The fraction of sp³-hybridized carbons (Fsp3) is 0.923. The molecule has 0 spiro atoms. The number of rotatable bonds is 6. The van der Waals surface area contributed by atoms with Crippen LogP contribution in [0.15, 0.2) is 0 Å². The lowest BCUT2D eigenvalue weighted by Crippen LogP contribution is -2.42. The third-order valence-corrected chi connectivity index (χ3v) is 5.99. The van der Waals surface area contributed by atoms with Gasteiger partial charge in [-0.15, -0.1) is 0 Å². The Labute approximate surface area is 120 Å². The molecule has 1 amide bonds. The summed E-state index contributed by atoms with van der Waals surface area (Å²) in [6, 6.07) is -0.249. The molecule has 0 bridgehead atoms. The molecule has 0 aromatic carbocycles. The van der Waals surface area contributed by atoms with Gasteiger partial charge in [0.15, 0.2) is 9.84 Å². The first-order valence-electron chi connectivity index (χ1n) is 7.33. The van der Waals surface area contributed by atoms with E-state index in [0.29, 0.717) is 18.8 Å². The molecule has 0 saturated carbocycles. The highest BCUT2D eigenvalue weighted by Crippen LogP contribution is 2.20. The highest BCUT2D eigenvalue weighted by atomic mass is 32.2. The van der Waals surface area contributed by atoms with Gasteiger partial charge in [-0.3, -0.25) is 4.79 Å². The first kappa shape index (κ1) is 15.7. The summed E-state index contributed by atoms with van der Waals surface area (Å²) in [6.07, 6.45) is 2.89. The lowest BCUT2D eigenvalue weighted by molar-refractivity contribution is -0.133. The quantitative estimate of drug-likeness (QED) is 0.683. The Balaban J connectivity index is 1.88. The molecule has 0 aromatic rings. The van der Waals surface area contributed by atoms with E-state index in [4.69, 9.17) is 5.11 Å². The highest BCUT2D eigenvalue weighted by Gasteiger charge is 2.34. The number of carbonyl (C=O) groups is 1. The van der Waals surface area contributed by atoms with Crippen molar-refractivity contribution < 1.29 is 18.3 Å². The fourth-order valence-corrected chi connectivity index (χ4v) is 4.80. The first-order chi connectivity index (χ1) is 9.52. The predicted molar refractivity (Wildman–Crippen MR) is 76.1 cm³/mol. The van der Waals surface area contributed by atoms with Gasteiger partial charge in [-0.2, -0.15) is 0 Å². The summed E-state index contributed by atoms with van der Waals surface area (Å²) in [4.78, 5) is 13.9. The van der Waals surface area contributed by atoms with Gasteiger partial charge in [0, 0.05) is 19.0 Å². The fourth-order valence-electron chi connectivity index (χ4n) is 3.07. The van der Waals surface area contributed by atoms with Crippen LogP contribution in [0.2, 0.25) is 0 Å². The second-order valence-electron chi connectivity index (χ2n) is 5.77. The molecule has 2 unspecified atom stereocenters. The smallest absolute Gasteiger partial charge is 0.222 e. The van der Waals surface area contributed by atoms with Crippen LogP contribution in [0.1, 0.15) is 25.7 Å². The minimum atomic E-state index is -3.01. The van der Waals surface area contributed by atoms with E-state index in [2.05, 4.69) is 5.32 Å². The molecular formula is C13H24N2O4S. The highest BCUT2D eigenvalue weighted by molar-refractivity contribution is 7.91. The summed E-state index contributed by atoms with van der Waals surface area (Å²) in [7, 11) is -3.01. The summed E-state index contributed by atoms with van der Waals surface area (Å²) >= 11 is 0. The van der Waals surface area contributed by atoms with Gasteiger partial charge in [-0.25, -0.2) is 8.42 Å². The number of aliphatic hydroxyl groups excluding tert-OH is 1. The van der Waals surface area contributed by atoms with E-state index < -0.39 is 9.84 Å². The maximum Gasteiger partial charge on any atom is 0.222 e. The van der Waals surface area contributed by atoms with Gasteiger partial charge in [0.25, 0.3) is 0 Å². The number of aliphatic hydroxyl groups is 1. The summed E-state index contributed by atoms with van der Waals surface area (Å²) < 4.78 is 23.1. The van der Waals surface area contributed by atoms with Crippen molar-refractivity contribution in [1.82, 2.24) is 10.2 Å². The van der Waals surface area contributed by atoms with Crippen molar-refractivity contribution in [3.8, 4) is 0 Å². The number of nitrogens with one attached hydrogen (secondary N) is 1. The van der Waals surface area contributed by atoms with Crippen LogP contribution in [0.25, 0.3) is 0 Å². The summed E-state index contributed by atoms with van der Waals surface area (Å²) in [5, 5.41) is 12.4. The molecular weight excluding hydrogens is 280 g/mol. The van der Waals surface area contributed by atoms with Gasteiger partial charge in [0.2, 0.25) is 5.91 Å². The van der Waals surface area contributed by atoms with Crippen molar-refractivity contribution in [3.05, 3.63) is 0 Å². The van der Waals surface area contributed by atoms with Crippen LogP contribution < -0.4 is 5.32 Å². The van der Waals surface area contributed by atoms with E-state index in [0.717, 1.165) is 25.9 Å². The number of sulfone groups is 1. The molecule has 2 fully saturated rings. The second kappa shape index (κ2) is 6.87. The molecule has 20 heavy (non-hydrogen) atoms. The number of nitrogens with zero attached hydrogens (tertiary/aromatic N) is 1. The Hall–Kier alpha value is -0.660. The first-order valence-corrected chi connectivity index (χ1v) is 9.15. The number of hydrogen-bond donors (Lipinski definition) is 2. The average molecular weight is 304 g/mol. The molecule has 0 aliphatic carbocycles. The van der Waals surface area contributed by atoms with Gasteiger partial charge in [0.05, 0.1) is 18.1 Å². The Bertz CT molecular complexity index is 432. The minimum absolute atomic E-state index is 0.0203. The normalized spacial score (nSPS) is 28.6. The minimum Gasteiger partial charge on any atom is -0.395 e. The van der Waals surface area contributed by atoms with Crippen molar-refractivity contribution in [2.45, 2.75) is 31.7 Å². The van der Waals surface area contributed by atoms with Crippen molar-refractivity contribution in [3.63, 3.8) is 0 Å². The topological polar surface area (TPSA) is 86.7 Å². The van der Waals surface area contributed by atoms with E-state index >= 15 is 0 Å². The van der Waals surface area contributed by atoms with Gasteiger partial charge in [0.1, 0.15) is 0 Å². The summed E-state index contributed by atoms with van der Waals surface area (Å²) in [5.74, 6) is 0.721. The molecule has 7 heteroatoms. The van der Waals surface area contributed by atoms with Crippen LogP contribution in [0.5, 0.6) is 0 Å². The maximum atomic E-state index is 12.3. The zero-order valence-electron chi connectivity index (χ0n) is 11.8. The van der Waals surface area contributed by atoms with Gasteiger partial charge < -0.3 is 15.3 Å². The zero-order chi connectivity index (χ0) is 14.6. The molecule has 2 aliphatic heterocycles. The van der Waals surface area contributed by atoms with Crippen LogP contribution in [0, 0.1) is 5.92 Å². The Morgan fingerprint density at radius 2 is 2.15 bits per heavy atom. The number of hydrogen-bond acceptors (Lipinski definition) is 5. The Kier molecular flexibility index (Phi) is 5.40. The molecule has 2 rings (SSSR count). The molecule has 6 nitrogen and oxygen atoms in total. The van der Waals surface area contributed by atoms with Crippen LogP contribution in [-0.2, 0) is 14.6 Å². The Morgan fingerprint density at radius 1 is 1.35 bits per heavy atom. The van der Waals surface area contributed by atoms with Crippen LogP contribution >= 0.6 is 0 Å². The zero-order valence-corrected chi connectivity index (χ0v) is 12.6.